The van der Waals surface area contributed by atoms with Crippen molar-refractivity contribution in [2.75, 3.05) is 0 Å². The van der Waals surface area contributed by atoms with E-state index in [1.165, 1.54) is 6.07 Å². The molecular weight excluding hydrogens is 223 g/mol. The highest BCUT2D eigenvalue weighted by Crippen LogP contribution is 2.30. The fourth-order valence-corrected chi connectivity index (χ4v) is 1.32. The zero-order chi connectivity index (χ0) is 10.6. The summed E-state index contributed by atoms with van der Waals surface area (Å²) in [5.41, 5.74) is 0.677. The molecule has 2 nitrogen and oxygen atoms in total. The Kier molecular flexibility index (Phi) is 3.98. The van der Waals surface area contributed by atoms with Crippen LogP contribution in [0.1, 0.15) is 12.0 Å². The van der Waals surface area contributed by atoms with Gasteiger partial charge in [-0.05, 0) is 11.6 Å². The number of hydrogen-bond acceptors (Lipinski definition) is 2. The number of benzene rings is 1. The minimum absolute atomic E-state index is 0.0517. The summed E-state index contributed by atoms with van der Waals surface area (Å²) in [6, 6.07) is 2.91. The third-order valence-electron chi connectivity index (χ3n) is 1.60. The molecule has 0 saturated heterocycles. The van der Waals surface area contributed by atoms with E-state index in [1.807, 2.05) is 0 Å². The molecule has 4 heteroatoms. The van der Waals surface area contributed by atoms with Crippen molar-refractivity contribution in [2.24, 2.45) is 0 Å². The van der Waals surface area contributed by atoms with Gasteiger partial charge < -0.3 is 9.90 Å². The second-order valence-electron chi connectivity index (χ2n) is 2.63. The predicted molar refractivity (Wildman–Crippen MR) is 57.8 cm³/mol. The predicted octanol–water partition coefficient (Wildman–Crippen LogP) is 3.30. The second kappa shape index (κ2) is 5.03. The highest BCUT2D eigenvalue weighted by atomic mass is 35.5. The van der Waals surface area contributed by atoms with E-state index in [0.29, 0.717) is 17.0 Å². The lowest BCUT2D eigenvalue weighted by molar-refractivity contribution is -0.107. The quantitative estimate of drug-likeness (QED) is 0.810. The molecule has 0 saturated carbocycles. The van der Waals surface area contributed by atoms with E-state index in [4.69, 9.17) is 23.2 Å². The van der Waals surface area contributed by atoms with Gasteiger partial charge in [-0.3, -0.25) is 0 Å². The molecule has 0 aliphatic heterocycles. The van der Waals surface area contributed by atoms with Crippen molar-refractivity contribution in [2.45, 2.75) is 6.42 Å². The van der Waals surface area contributed by atoms with Gasteiger partial charge in [0.2, 0.25) is 0 Å². The van der Waals surface area contributed by atoms with Gasteiger partial charge in [0.25, 0.3) is 0 Å². The Bertz CT molecular complexity index is 373. The SMILES string of the molecule is O=CCC=Cc1cc(Cl)c(O)cc1Cl. The number of carbonyl (C=O) groups is 1. The summed E-state index contributed by atoms with van der Waals surface area (Å²) in [4.78, 5) is 10.1. The highest BCUT2D eigenvalue weighted by Gasteiger charge is 2.03. The average molecular weight is 231 g/mol. The molecule has 14 heavy (non-hydrogen) atoms. The molecule has 0 bridgehead atoms. The van der Waals surface area contributed by atoms with Crippen molar-refractivity contribution in [3.63, 3.8) is 0 Å². The van der Waals surface area contributed by atoms with E-state index in [-0.39, 0.29) is 10.8 Å². The van der Waals surface area contributed by atoms with Crippen molar-refractivity contribution in [3.8, 4) is 5.75 Å². The van der Waals surface area contributed by atoms with Gasteiger partial charge in [-0.2, -0.15) is 0 Å². The fraction of sp³-hybridized carbons (Fsp3) is 0.100. The van der Waals surface area contributed by atoms with Crippen molar-refractivity contribution >= 4 is 35.6 Å². The first-order chi connectivity index (χ1) is 6.65. The van der Waals surface area contributed by atoms with Crippen LogP contribution >= 0.6 is 23.2 Å². The van der Waals surface area contributed by atoms with Gasteiger partial charge >= 0.3 is 0 Å². The number of phenols is 1. The number of aldehydes is 1. The lowest BCUT2D eigenvalue weighted by Crippen LogP contribution is -1.77. The Morgan fingerprint density at radius 2 is 2.00 bits per heavy atom. The molecule has 0 aliphatic rings. The molecule has 0 spiro atoms. The topological polar surface area (TPSA) is 37.3 Å². The number of phenolic OH excluding ortho intramolecular Hbond substituents is 1. The molecule has 0 heterocycles. The minimum atomic E-state index is -0.0517. The average Bonchev–Trinajstić information content (AvgIpc) is 2.14. The van der Waals surface area contributed by atoms with Crippen LogP contribution in [0.25, 0.3) is 6.08 Å². The molecule has 0 aromatic heterocycles. The molecule has 0 unspecified atom stereocenters. The maximum absolute atomic E-state index is 10.1. The summed E-state index contributed by atoms with van der Waals surface area (Å²) < 4.78 is 0. The smallest absolute Gasteiger partial charge is 0.135 e. The zero-order valence-electron chi connectivity index (χ0n) is 7.21. The Labute approximate surface area is 91.8 Å². The van der Waals surface area contributed by atoms with E-state index >= 15 is 0 Å². The molecular formula is C10H8Cl2O2. The summed E-state index contributed by atoms with van der Waals surface area (Å²) >= 11 is 11.5. The van der Waals surface area contributed by atoms with Crippen molar-refractivity contribution in [3.05, 3.63) is 33.8 Å². The van der Waals surface area contributed by atoms with Crippen LogP contribution in [0.3, 0.4) is 0 Å². The molecule has 0 aliphatic carbocycles. The molecule has 1 aromatic carbocycles. The first kappa shape index (κ1) is 11.1. The summed E-state index contributed by atoms with van der Waals surface area (Å²) in [5.74, 6) is -0.0517. The Morgan fingerprint density at radius 1 is 1.29 bits per heavy atom. The zero-order valence-corrected chi connectivity index (χ0v) is 8.72. The van der Waals surface area contributed by atoms with Crippen molar-refractivity contribution in [1.29, 1.82) is 0 Å². The van der Waals surface area contributed by atoms with E-state index in [9.17, 15) is 9.90 Å². The van der Waals surface area contributed by atoms with E-state index in [0.717, 1.165) is 6.29 Å². The number of aromatic hydroxyl groups is 1. The molecule has 1 rings (SSSR count). The lowest BCUT2D eigenvalue weighted by Gasteiger charge is -2.01. The first-order valence-electron chi connectivity index (χ1n) is 3.93. The highest BCUT2D eigenvalue weighted by molar-refractivity contribution is 6.35. The lowest BCUT2D eigenvalue weighted by atomic mass is 10.2. The Balaban J connectivity index is 2.97. The largest absolute Gasteiger partial charge is 0.506 e. The van der Waals surface area contributed by atoms with Gasteiger partial charge in [-0.1, -0.05) is 35.4 Å². The molecule has 0 atom stereocenters. The van der Waals surface area contributed by atoms with E-state index < -0.39 is 0 Å². The molecule has 0 radical (unpaired) electrons. The number of rotatable bonds is 3. The van der Waals surface area contributed by atoms with Crippen molar-refractivity contribution in [1.82, 2.24) is 0 Å². The second-order valence-corrected chi connectivity index (χ2v) is 3.44. The van der Waals surface area contributed by atoms with Crippen LogP contribution in [-0.4, -0.2) is 11.4 Å². The third-order valence-corrected chi connectivity index (χ3v) is 2.23. The van der Waals surface area contributed by atoms with Crippen LogP contribution in [0.4, 0.5) is 0 Å². The van der Waals surface area contributed by atoms with Gasteiger partial charge in [0, 0.05) is 12.5 Å². The number of carbonyl (C=O) groups excluding carboxylic acids is 1. The van der Waals surface area contributed by atoms with Crippen molar-refractivity contribution < 1.29 is 9.90 Å². The van der Waals surface area contributed by atoms with Crippen LogP contribution in [-0.2, 0) is 4.79 Å². The van der Waals surface area contributed by atoms with Gasteiger partial charge in [-0.15, -0.1) is 0 Å². The molecule has 0 amide bonds. The van der Waals surface area contributed by atoms with E-state index in [1.54, 1.807) is 18.2 Å². The van der Waals surface area contributed by atoms with Gasteiger partial charge in [0.05, 0.1) is 10.0 Å². The standard InChI is InChI=1S/C10H8Cl2O2/c11-8-6-10(14)9(12)5-7(8)3-1-2-4-13/h1,3-6,14H,2H2. The minimum Gasteiger partial charge on any atom is -0.506 e. The Morgan fingerprint density at radius 3 is 2.64 bits per heavy atom. The monoisotopic (exact) mass is 230 g/mol. The van der Waals surface area contributed by atoms with Crippen LogP contribution in [0.15, 0.2) is 18.2 Å². The maximum atomic E-state index is 10.1. The van der Waals surface area contributed by atoms with Gasteiger partial charge in [0.15, 0.2) is 0 Å². The molecule has 0 fully saturated rings. The number of allylic oxidation sites excluding steroid dienone is 1. The third kappa shape index (κ3) is 2.76. The summed E-state index contributed by atoms with van der Waals surface area (Å²) in [6.45, 7) is 0. The first-order valence-corrected chi connectivity index (χ1v) is 4.69. The van der Waals surface area contributed by atoms with Gasteiger partial charge in [-0.25, -0.2) is 0 Å². The van der Waals surface area contributed by atoms with Crippen LogP contribution in [0.5, 0.6) is 5.75 Å². The van der Waals surface area contributed by atoms with Crippen LogP contribution < -0.4 is 0 Å². The fourth-order valence-electron chi connectivity index (χ4n) is 0.930. The summed E-state index contributed by atoms with van der Waals surface area (Å²) in [6.07, 6.45) is 4.46. The molecule has 74 valence electrons. The van der Waals surface area contributed by atoms with E-state index in [2.05, 4.69) is 0 Å². The summed E-state index contributed by atoms with van der Waals surface area (Å²) in [5, 5.41) is 9.83. The maximum Gasteiger partial charge on any atom is 0.135 e. The molecule has 1 aromatic rings. The van der Waals surface area contributed by atoms with Crippen LogP contribution in [0, 0.1) is 0 Å². The summed E-state index contributed by atoms with van der Waals surface area (Å²) in [7, 11) is 0. The Hall–Kier alpha value is -0.990. The number of hydrogen-bond donors (Lipinski definition) is 1. The normalized spacial score (nSPS) is 10.7. The molecule has 1 N–H and O–H groups in total. The van der Waals surface area contributed by atoms with Crippen LogP contribution in [0.2, 0.25) is 10.0 Å². The number of halogens is 2. The van der Waals surface area contributed by atoms with Gasteiger partial charge in [0.1, 0.15) is 12.0 Å².